The van der Waals surface area contributed by atoms with Gasteiger partial charge in [0.1, 0.15) is 0 Å². The van der Waals surface area contributed by atoms with Gasteiger partial charge in [0.2, 0.25) is 5.95 Å². The van der Waals surface area contributed by atoms with Crippen LogP contribution in [0.1, 0.15) is 20.7 Å². The van der Waals surface area contributed by atoms with Gasteiger partial charge in [-0.2, -0.15) is 5.10 Å². The summed E-state index contributed by atoms with van der Waals surface area (Å²) in [7, 11) is 0. The molecule has 0 saturated heterocycles. The molecule has 0 fully saturated rings. The van der Waals surface area contributed by atoms with Gasteiger partial charge in [0.05, 0.1) is 23.5 Å². The Morgan fingerprint density at radius 2 is 2.00 bits per heavy atom. The topological polar surface area (TPSA) is 118 Å². The highest BCUT2D eigenvalue weighted by Gasteiger charge is 2.17. The second-order valence-corrected chi connectivity index (χ2v) is 3.15. The third-order valence-corrected chi connectivity index (χ3v) is 2.00. The maximum Gasteiger partial charge on any atom is 0.338 e. The molecule has 0 aliphatic heterocycles. The first-order chi connectivity index (χ1) is 8.68. The minimum absolute atomic E-state index is 0.00403. The molecule has 0 bridgehead atoms. The summed E-state index contributed by atoms with van der Waals surface area (Å²) >= 11 is 0. The van der Waals surface area contributed by atoms with Crippen molar-refractivity contribution in [2.24, 2.45) is 0 Å². The molecule has 0 spiro atoms. The van der Waals surface area contributed by atoms with Gasteiger partial charge in [0.25, 0.3) is 5.91 Å². The Morgan fingerprint density at radius 3 is 2.67 bits per heavy atom. The number of pyridine rings is 1. The van der Waals surface area contributed by atoms with Crippen LogP contribution in [0.15, 0.2) is 30.9 Å². The third-order valence-electron chi connectivity index (χ3n) is 2.00. The Hall–Kier alpha value is -2.90. The molecule has 0 atom stereocenters. The maximum atomic E-state index is 11.8. The number of carbonyl (C=O) groups is 2. The number of rotatable bonds is 3. The largest absolute Gasteiger partial charge is 0.478 e. The Kier molecular flexibility index (Phi) is 3.19. The number of carboxylic acids is 1. The Bertz CT molecular complexity index is 587. The molecule has 8 nitrogen and oxygen atoms in total. The number of aromatic nitrogens is 4. The lowest BCUT2D eigenvalue weighted by molar-refractivity contribution is 0.0692. The van der Waals surface area contributed by atoms with E-state index in [-0.39, 0.29) is 17.1 Å². The summed E-state index contributed by atoms with van der Waals surface area (Å²) < 4.78 is 0. The number of hydrogen-bond acceptors (Lipinski definition) is 6. The van der Waals surface area contributed by atoms with Crippen LogP contribution in [0.5, 0.6) is 0 Å². The summed E-state index contributed by atoms with van der Waals surface area (Å²) in [5.74, 6) is -1.88. The molecule has 0 unspecified atom stereocenters. The highest BCUT2D eigenvalue weighted by molar-refractivity contribution is 6.09. The average molecular weight is 245 g/mol. The molecular weight excluding hydrogens is 238 g/mol. The SMILES string of the molecule is O=C(O)c1cnccc1C(=O)Nc1nccnn1. The van der Waals surface area contributed by atoms with E-state index in [9.17, 15) is 9.59 Å². The van der Waals surface area contributed by atoms with Crippen LogP contribution in [0.25, 0.3) is 0 Å². The van der Waals surface area contributed by atoms with Gasteiger partial charge in [-0.3, -0.25) is 15.1 Å². The van der Waals surface area contributed by atoms with Crippen LogP contribution in [0.3, 0.4) is 0 Å². The van der Waals surface area contributed by atoms with Crippen molar-refractivity contribution in [1.29, 1.82) is 0 Å². The number of aromatic carboxylic acids is 1. The lowest BCUT2D eigenvalue weighted by atomic mass is 10.1. The van der Waals surface area contributed by atoms with Crippen molar-refractivity contribution in [2.75, 3.05) is 5.32 Å². The van der Waals surface area contributed by atoms with E-state index in [2.05, 4.69) is 25.5 Å². The predicted octanol–water partition coefficient (Wildman–Crippen LogP) is 0.217. The quantitative estimate of drug-likeness (QED) is 0.793. The fourth-order valence-corrected chi connectivity index (χ4v) is 1.24. The summed E-state index contributed by atoms with van der Waals surface area (Å²) in [6.45, 7) is 0. The van der Waals surface area contributed by atoms with Crippen LogP contribution >= 0.6 is 0 Å². The first kappa shape index (κ1) is 11.6. The van der Waals surface area contributed by atoms with Crippen molar-refractivity contribution in [2.45, 2.75) is 0 Å². The van der Waals surface area contributed by atoms with Gasteiger partial charge in [0.15, 0.2) is 0 Å². The van der Waals surface area contributed by atoms with E-state index in [1.165, 1.54) is 24.7 Å². The van der Waals surface area contributed by atoms with Gasteiger partial charge in [-0.25, -0.2) is 9.78 Å². The fraction of sp³-hybridized carbons (Fsp3) is 0. The minimum atomic E-state index is -1.24. The molecule has 2 rings (SSSR count). The second kappa shape index (κ2) is 4.95. The molecule has 2 aromatic heterocycles. The molecule has 0 aliphatic rings. The molecule has 18 heavy (non-hydrogen) atoms. The molecule has 1 amide bonds. The van der Waals surface area contributed by atoms with E-state index in [1.54, 1.807) is 0 Å². The van der Waals surface area contributed by atoms with Gasteiger partial charge in [0, 0.05) is 12.4 Å². The molecule has 0 saturated carbocycles. The van der Waals surface area contributed by atoms with Crippen molar-refractivity contribution in [1.82, 2.24) is 20.2 Å². The summed E-state index contributed by atoms with van der Waals surface area (Å²) in [5.41, 5.74) is -0.219. The molecule has 0 aliphatic carbocycles. The Labute approximate surface area is 101 Å². The normalized spacial score (nSPS) is 9.78. The number of hydrogen-bond donors (Lipinski definition) is 2. The fourth-order valence-electron chi connectivity index (χ4n) is 1.24. The molecule has 90 valence electrons. The second-order valence-electron chi connectivity index (χ2n) is 3.15. The van der Waals surface area contributed by atoms with Crippen molar-refractivity contribution in [3.05, 3.63) is 42.0 Å². The molecule has 2 N–H and O–H groups in total. The Morgan fingerprint density at radius 1 is 1.17 bits per heavy atom. The number of nitrogens with zero attached hydrogens (tertiary/aromatic N) is 4. The van der Waals surface area contributed by atoms with Crippen LogP contribution in [-0.4, -0.2) is 37.1 Å². The van der Waals surface area contributed by atoms with E-state index in [0.717, 1.165) is 6.20 Å². The highest BCUT2D eigenvalue weighted by atomic mass is 16.4. The zero-order valence-corrected chi connectivity index (χ0v) is 8.94. The Balaban J connectivity index is 2.27. The van der Waals surface area contributed by atoms with E-state index < -0.39 is 11.9 Å². The van der Waals surface area contributed by atoms with Crippen molar-refractivity contribution < 1.29 is 14.7 Å². The number of carbonyl (C=O) groups excluding carboxylic acids is 1. The van der Waals surface area contributed by atoms with E-state index in [0.29, 0.717) is 0 Å². The molecular formula is C10H7N5O3. The van der Waals surface area contributed by atoms with Gasteiger partial charge < -0.3 is 5.11 Å². The first-order valence-corrected chi connectivity index (χ1v) is 4.81. The maximum absolute atomic E-state index is 11.8. The standard InChI is InChI=1S/C10H7N5O3/c16-8(14-10-12-3-4-13-15-10)6-1-2-11-5-7(6)9(17)18/h1-5H,(H,17,18)(H,12,14,15,16). The zero-order valence-electron chi connectivity index (χ0n) is 8.94. The van der Waals surface area contributed by atoms with Gasteiger partial charge in [-0.15, -0.1) is 5.10 Å². The van der Waals surface area contributed by atoms with Crippen LogP contribution < -0.4 is 5.32 Å². The summed E-state index contributed by atoms with van der Waals surface area (Å²) in [5, 5.41) is 18.4. The highest BCUT2D eigenvalue weighted by Crippen LogP contribution is 2.08. The summed E-state index contributed by atoms with van der Waals surface area (Å²) in [4.78, 5) is 30.1. The van der Waals surface area contributed by atoms with Crippen molar-refractivity contribution in [3.63, 3.8) is 0 Å². The zero-order chi connectivity index (χ0) is 13.0. The van der Waals surface area contributed by atoms with Gasteiger partial charge in [-0.1, -0.05) is 0 Å². The van der Waals surface area contributed by atoms with Crippen LogP contribution in [0, 0.1) is 0 Å². The number of amides is 1. The number of nitrogens with one attached hydrogen (secondary N) is 1. The first-order valence-electron chi connectivity index (χ1n) is 4.81. The van der Waals surface area contributed by atoms with Crippen molar-refractivity contribution in [3.8, 4) is 0 Å². The summed E-state index contributed by atoms with van der Waals surface area (Å²) in [6.07, 6.45) is 5.13. The molecule has 0 aromatic carbocycles. The smallest absolute Gasteiger partial charge is 0.338 e. The van der Waals surface area contributed by atoms with E-state index in [1.807, 2.05) is 0 Å². The number of carboxylic acid groups (broad SMARTS) is 1. The molecule has 2 aromatic rings. The number of anilines is 1. The lowest BCUT2D eigenvalue weighted by Crippen LogP contribution is -2.18. The summed E-state index contributed by atoms with van der Waals surface area (Å²) in [6, 6.07) is 1.30. The van der Waals surface area contributed by atoms with Gasteiger partial charge in [-0.05, 0) is 6.07 Å². The molecule has 8 heteroatoms. The average Bonchev–Trinajstić information content (AvgIpc) is 2.40. The van der Waals surface area contributed by atoms with Crippen LogP contribution in [-0.2, 0) is 0 Å². The molecule has 0 radical (unpaired) electrons. The van der Waals surface area contributed by atoms with Crippen LogP contribution in [0.4, 0.5) is 5.95 Å². The van der Waals surface area contributed by atoms with E-state index >= 15 is 0 Å². The predicted molar refractivity (Wildman–Crippen MR) is 59.0 cm³/mol. The third kappa shape index (κ3) is 2.43. The van der Waals surface area contributed by atoms with Gasteiger partial charge >= 0.3 is 5.97 Å². The van der Waals surface area contributed by atoms with Crippen molar-refractivity contribution >= 4 is 17.8 Å². The van der Waals surface area contributed by atoms with E-state index in [4.69, 9.17) is 5.11 Å². The minimum Gasteiger partial charge on any atom is -0.478 e. The monoisotopic (exact) mass is 245 g/mol. The van der Waals surface area contributed by atoms with Crippen LogP contribution in [0.2, 0.25) is 0 Å². The molecule has 2 heterocycles. The lowest BCUT2D eigenvalue weighted by Gasteiger charge is -2.04.